The second-order valence-electron chi connectivity index (χ2n) is 4.21. The fraction of sp³-hybridized carbons (Fsp3) is 0.500. The van der Waals surface area contributed by atoms with E-state index in [0.717, 1.165) is 34.1 Å². The van der Waals surface area contributed by atoms with Gasteiger partial charge in [-0.3, -0.25) is 0 Å². The van der Waals surface area contributed by atoms with Crippen molar-refractivity contribution < 1.29 is 5.11 Å². The normalized spacial score (nSPS) is 20.9. The number of aromatic hydroxyl groups is 1. The highest BCUT2D eigenvalue weighted by Gasteiger charge is 2.22. The van der Waals surface area contributed by atoms with Gasteiger partial charge in [0, 0.05) is 16.1 Å². The molecule has 0 unspecified atom stereocenters. The van der Waals surface area contributed by atoms with Crippen molar-refractivity contribution in [3.8, 4) is 5.75 Å². The Kier molecular flexibility index (Phi) is 3.03. The molecule has 1 heterocycles. The molecule has 1 aliphatic heterocycles. The lowest BCUT2D eigenvalue weighted by Crippen LogP contribution is -2.14. The summed E-state index contributed by atoms with van der Waals surface area (Å²) >= 11 is 3.57. The molecule has 1 fully saturated rings. The summed E-state index contributed by atoms with van der Waals surface area (Å²) in [4.78, 5) is 0. The summed E-state index contributed by atoms with van der Waals surface area (Å²) in [5.74, 6) is 0.424. The monoisotopic (exact) mass is 269 g/mol. The van der Waals surface area contributed by atoms with E-state index in [9.17, 15) is 5.11 Å². The molecule has 1 saturated heterocycles. The molecule has 1 aromatic carbocycles. The van der Waals surface area contributed by atoms with E-state index in [1.165, 1.54) is 6.42 Å². The maximum absolute atomic E-state index is 10.00. The van der Waals surface area contributed by atoms with Gasteiger partial charge >= 0.3 is 0 Å². The molecule has 1 aliphatic rings. The summed E-state index contributed by atoms with van der Waals surface area (Å²) in [6, 6.07) is 2.16. The minimum atomic E-state index is 0.321. The van der Waals surface area contributed by atoms with Crippen LogP contribution in [0.1, 0.15) is 35.6 Å². The lowest BCUT2D eigenvalue weighted by Gasteiger charge is -2.18. The van der Waals surface area contributed by atoms with Crippen LogP contribution in [-0.4, -0.2) is 11.7 Å². The molecule has 0 amide bonds. The Morgan fingerprint density at radius 2 is 2.20 bits per heavy atom. The second-order valence-corrected chi connectivity index (χ2v) is 5.01. The van der Waals surface area contributed by atoms with Crippen molar-refractivity contribution >= 4 is 15.9 Å². The predicted octanol–water partition coefficient (Wildman–Crippen LogP) is 3.20. The Morgan fingerprint density at radius 3 is 2.80 bits per heavy atom. The van der Waals surface area contributed by atoms with Crippen molar-refractivity contribution in [3.63, 3.8) is 0 Å². The van der Waals surface area contributed by atoms with Gasteiger partial charge in [-0.25, -0.2) is 0 Å². The number of phenolic OH excluding ortho intramolecular Hbond substituents is 1. The maximum atomic E-state index is 10.00. The number of phenols is 1. The minimum absolute atomic E-state index is 0.321. The molecule has 0 saturated carbocycles. The predicted molar refractivity (Wildman–Crippen MR) is 65.3 cm³/mol. The SMILES string of the molecule is Cc1cc(O)c([C@@H]2CCCN2)c(C)c1Br. The van der Waals surface area contributed by atoms with Crippen LogP contribution in [0.4, 0.5) is 0 Å². The van der Waals surface area contributed by atoms with Crippen LogP contribution in [0.25, 0.3) is 0 Å². The molecule has 15 heavy (non-hydrogen) atoms. The number of hydrogen-bond acceptors (Lipinski definition) is 2. The summed E-state index contributed by atoms with van der Waals surface area (Å²) in [6.45, 7) is 5.11. The van der Waals surface area contributed by atoms with Crippen LogP contribution < -0.4 is 5.32 Å². The van der Waals surface area contributed by atoms with Gasteiger partial charge in [-0.2, -0.15) is 0 Å². The van der Waals surface area contributed by atoms with Gasteiger partial charge in [0.25, 0.3) is 0 Å². The van der Waals surface area contributed by atoms with Crippen molar-refractivity contribution in [3.05, 3.63) is 27.2 Å². The molecular formula is C12H16BrNO. The number of aryl methyl sites for hydroxylation is 1. The van der Waals surface area contributed by atoms with Crippen molar-refractivity contribution in [1.82, 2.24) is 5.32 Å². The van der Waals surface area contributed by atoms with Gasteiger partial charge in [0.2, 0.25) is 0 Å². The summed E-state index contributed by atoms with van der Waals surface area (Å²) in [6.07, 6.45) is 2.30. The van der Waals surface area contributed by atoms with Gasteiger partial charge in [0.15, 0.2) is 0 Å². The third kappa shape index (κ3) is 1.91. The van der Waals surface area contributed by atoms with Crippen LogP contribution in [0.15, 0.2) is 10.5 Å². The first-order valence-corrected chi connectivity index (χ1v) is 6.12. The molecule has 1 atom stereocenters. The minimum Gasteiger partial charge on any atom is -0.508 e. The summed E-state index contributed by atoms with van der Waals surface area (Å²) in [5, 5.41) is 13.4. The lowest BCUT2D eigenvalue weighted by atomic mass is 9.97. The maximum Gasteiger partial charge on any atom is 0.120 e. The standard InChI is InChI=1S/C12H16BrNO/c1-7-6-10(15)11(8(2)12(7)13)9-4-3-5-14-9/h6,9,14-15H,3-5H2,1-2H3/t9-/m0/s1. The van der Waals surface area contributed by atoms with E-state index in [4.69, 9.17) is 0 Å². The first-order chi connectivity index (χ1) is 7.11. The van der Waals surface area contributed by atoms with Crippen LogP contribution in [0.3, 0.4) is 0 Å². The number of halogens is 1. The average molecular weight is 270 g/mol. The molecule has 2 N–H and O–H groups in total. The molecule has 2 nitrogen and oxygen atoms in total. The highest BCUT2D eigenvalue weighted by molar-refractivity contribution is 9.10. The van der Waals surface area contributed by atoms with Crippen LogP contribution in [0.2, 0.25) is 0 Å². The summed E-state index contributed by atoms with van der Waals surface area (Å²) in [5.41, 5.74) is 3.31. The van der Waals surface area contributed by atoms with Gasteiger partial charge in [-0.05, 0) is 50.4 Å². The van der Waals surface area contributed by atoms with Crippen molar-refractivity contribution in [2.75, 3.05) is 6.54 Å². The van der Waals surface area contributed by atoms with Gasteiger partial charge < -0.3 is 10.4 Å². The third-order valence-electron chi connectivity index (χ3n) is 3.12. The van der Waals surface area contributed by atoms with Crippen LogP contribution in [-0.2, 0) is 0 Å². The highest BCUT2D eigenvalue weighted by atomic mass is 79.9. The quantitative estimate of drug-likeness (QED) is 0.821. The molecule has 0 spiro atoms. The van der Waals surface area contributed by atoms with Crippen LogP contribution in [0, 0.1) is 13.8 Å². The van der Waals surface area contributed by atoms with E-state index < -0.39 is 0 Å². The molecule has 0 aromatic heterocycles. The number of rotatable bonds is 1. The molecule has 1 aromatic rings. The third-order valence-corrected chi connectivity index (χ3v) is 4.34. The van der Waals surface area contributed by atoms with E-state index in [1.807, 2.05) is 13.0 Å². The average Bonchev–Trinajstić information content (AvgIpc) is 2.68. The largest absolute Gasteiger partial charge is 0.508 e. The van der Waals surface area contributed by atoms with Gasteiger partial charge in [-0.1, -0.05) is 15.9 Å². The van der Waals surface area contributed by atoms with Gasteiger partial charge in [0.1, 0.15) is 5.75 Å². The summed E-state index contributed by atoms with van der Waals surface area (Å²) < 4.78 is 1.11. The van der Waals surface area contributed by atoms with Crippen molar-refractivity contribution in [2.45, 2.75) is 32.7 Å². The fourth-order valence-corrected chi connectivity index (χ4v) is 2.65. The van der Waals surface area contributed by atoms with Crippen LogP contribution >= 0.6 is 15.9 Å². The number of hydrogen-bond donors (Lipinski definition) is 2. The van der Waals surface area contributed by atoms with E-state index in [0.29, 0.717) is 11.8 Å². The van der Waals surface area contributed by atoms with E-state index in [2.05, 4.69) is 28.2 Å². The molecule has 3 heteroatoms. The first-order valence-electron chi connectivity index (χ1n) is 5.33. The van der Waals surface area contributed by atoms with Crippen LogP contribution in [0.5, 0.6) is 5.75 Å². The molecule has 0 radical (unpaired) electrons. The Hall–Kier alpha value is -0.540. The Bertz CT molecular complexity index is 384. The van der Waals surface area contributed by atoms with E-state index >= 15 is 0 Å². The highest BCUT2D eigenvalue weighted by Crippen LogP contribution is 2.37. The Labute approximate surface area is 98.8 Å². The zero-order valence-corrected chi connectivity index (χ0v) is 10.7. The molecule has 0 aliphatic carbocycles. The van der Waals surface area contributed by atoms with E-state index in [-0.39, 0.29) is 0 Å². The molecular weight excluding hydrogens is 254 g/mol. The first kappa shape index (κ1) is 11.0. The number of benzene rings is 1. The van der Waals surface area contributed by atoms with Crippen molar-refractivity contribution in [2.24, 2.45) is 0 Å². The zero-order chi connectivity index (χ0) is 11.0. The number of nitrogens with one attached hydrogen (secondary N) is 1. The Balaban J connectivity index is 2.50. The van der Waals surface area contributed by atoms with E-state index in [1.54, 1.807) is 0 Å². The second kappa shape index (κ2) is 4.14. The van der Waals surface area contributed by atoms with Crippen molar-refractivity contribution in [1.29, 1.82) is 0 Å². The molecule has 2 rings (SSSR count). The molecule has 82 valence electrons. The Morgan fingerprint density at radius 1 is 1.47 bits per heavy atom. The topological polar surface area (TPSA) is 32.3 Å². The smallest absolute Gasteiger partial charge is 0.120 e. The van der Waals surface area contributed by atoms with Gasteiger partial charge in [-0.15, -0.1) is 0 Å². The lowest BCUT2D eigenvalue weighted by molar-refractivity contribution is 0.455. The summed E-state index contributed by atoms with van der Waals surface area (Å²) in [7, 11) is 0. The van der Waals surface area contributed by atoms with Gasteiger partial charge in [0.05, 0.1) is 0 Å². The molecule has 0 bridgehead atoms. The fourth-order valence-electron chi connectivity index (χ4n) is 2.32. The zero-order valence-electron chi connectivity index (χ0n) is 9.10.